The van der Waals surface area contributed by atoms with Crippen LogP contribution in [0.25, 0.3) is 0 Å². The zero-order chi connectivity index (χ0) is 30.1. The Morgan fingerprint density at radius 2 is 1.57 bits per heavy atom. The first-order valence-corrected chi connectivity index (χ1v) is 14.8. The van der Waals surface area contributed by atoms with Crippen LogP contribution in [-0.2, 0) is 9.53 Å². The molecule has 0 fully saturated rings. The van der Waals surface area contributed by atoms with Gasteiger partial charge in [0.1, 0.15) is 10.8 Å². The molecule has 4 rings (SSSR count). The van der Waals surface area contributed by atoms with Crippen LogP contribution in [0.2, 0.25) is 0 Å². The Labute approximate surface area is 257 Å². The van der Waals surface area contributed by atoms with E-state index in [0.717, 1.165) is 27.6 Å². The van der Waals surface area contributed by atoms with Gasteiger partial charge in [-0.2, -0.15) is 0 Å². The predicted molar refractivity (Wildman–Crippen MR) is 173 cm³/mol. The molecular formula is C30H28N4O5S3. The van der Waals surface area contributed by atoms with Gasteiger partial charge in [-0.05, 0) is 67.2 Å². The van der Waals surface area contributed by atoms with Gasteiger partial charge in [-0.3, -0.25) is 9.59 Å². The van der Waals surface area contributed by atoms with Crippen LogP contribution in [-0.4, -0.2) is 42.9 Å². The molecule has 0 atom stereocenters. The number of carbonyl (C=O) groups excluding carboxylic acids is 3. The Balaban J connectivity index is 1.39. The van der Waals surface area contributed by atoms with Gasteiger partial charge >= 0.3 is 5.97 Å². The van der Waals surface area contributed by atoms with E-state index in [1.54, 1.807) is 38.3 Å². The number of anilines is 4. The number of hydrogen-bond donors (Lipinski definition) is 4. The zero-order valence-electron chi connectivity index (χ0n) is 23.0. The lowest BCUT2D eigenvalue weighted by Crippen LogP contribution is -2.19. The number of thiocarbonyl (C=S) groups is 1. The number of thiophene rings is 1. The Hall–Kier alpha value is -4.39. The van der Waals surface area contributed by atoms with E-state index in [4.69, 9.17) is 21.7 Å². The highest BCUT2D eigenvalue weighted by molar-refractivity contribution is 8.00. The van der Waals surface area contributed by atoms with E-state index in [0.29, 0.717) is 27.0 Å². The highest BCUT2D eigenvalue weighted by Crippen LogP contribution is 2.35. The van der Waals surface area contributed by atoms with E-state index in [2.05, 4.69) is 21.3 Å². The Morgan fingerprint density at radius 1 is 0.857 bits per heavy atom. The molecule has 0 unspecified atom stereocenters. The quantitative estimate of drug-likeness (QED) is 0.0879. The summed E-state index contributed by atoms with van der Waals surface area (Å²) in [7, 11) is 2.84. The average molecular weight is 621 g/mol. The molecule has 3 aromatic carbocycles. The molecule has 216 valence electrons. The van der Waals surface area contributed by atoms with Crippen molar-refractivity contribution in [3.8, 4) is 5.75 Å². The van der Waals surface area contributed by atoms with Gasteiger partial charge in [0, 0.05) is 16.3 Å². The van der Waals surface area contributed by atoms with Crippen molar-refractivity contribution >= 4 is 80.3 Å². The smallest absolute Gasteiger partial charge is 0.341 e. The van der Waals surface area contributed by atoms with Crippen molar-refractivity contribution in [1.29, 1.82) is 0 Å². The SMILES string of the molecule is COC(=O)c1c(NC(=O)CSc2cccc(NC(=S)Nc3ccccc3OC)c2)sc(C(=O)Nc2ccccc2)c1C. The van der Waals surface area contributed by atoms with Gasteiger partial charge < -0.3 is 30.7 Å². The molecular weight excluding hydrogens is 593 g/mol. The van der Waals surface area contributed by atoms with Crippen molar-refractivity contribution in [2.45, 2.75) is 11.8 Å². The number of benzene rings is 3. The van der Waals surface area contributed by atoms with Crippen LogP contribution in [0.3, 0.4) is 0 Å². The number of rotatable bonds is 10. The molecule has 0 spiro atoms. The number of amides is 2. The summed E-state index contributed by atoms with van der Waals surface area (Å²) in [6.07, 6.45) is 0. The maximum Gasteiger partial charge on any atom is 0.341 e. The first-order chi connectivity index (χ1) is 20.3. The topological polar surface area (TPSA) is 118 Å². The number of thioether (sulfide) groups is 1. The number of nitrogens with one attached hydrogen (secondary N) is 4. The van der Waals surface area contributed by atoms with Crippen LogP contribution in [0, 0.1) is 6.92 Å². The highest BCUT2D eigenvalue weighted by atomic mass is 32.2. The van der Waals surface area contributed by atoms with E-state index in [1.807, 2.05) is 54.6 Å². The van der Waals surface area contributed by atoms with Crippen molar-refractivity contribution in [2.24, 2.45) is 0 Å². The lowest BCUT2D eigenvalue weighted by molar-refractivity contribution is -0.113. The number of hydrogen-bond acceptors (Lipinski definition) is 8. The Morgan fingerprint density at radius 3 is 2.31 bits per heavy atom. The Bertz CT molecular complexity index is 1610. The van der Waals surface area contributed by atoms with Gasteiger partial charge in [0.15, 0.2) is 5.11 Å². The minimum absolute atomic E-state index is 0.0659. The van der Waals surface area contributed by atoms with Gasteiger partial charge in [-0.25, -0.2) is 4.79 Å². The number of esters is 1. The molecule has 0 radical (unpaired) electrons. The van der Waals surface area contributed by atoms with E-state index < -0.39 is 5.97 Å². The number of ether oxygens (including phenoxy) is 2. The van der Waals surface area contributed by atoms with E-state index in [1.165, 1.54) is 18.9 Å². The normalized spacial score (nSPS) is 10.4. The molecule has 2 amide bonds. The van der Waals surface area contributed by atoms with E-state index in [-0.39, 0.29) is 28.1 Å². The van der Waals surface area contributed by atoms with Crippen LogP contribution in [0.15, 0.2) is 83.8 Å². The molecule has 0 saturated heterocycles. The maximum atomic E-state index is 13.0. The number of methoxy groups -OCH3 is 2. The van der Waals surface area contributed by atoms with Gasteiger partial charge in [0.05, 0.1) is 36.1 Å². The second kappa shape index (κ2) is 14.5. The first kappa shape index (κ1) is 30.6. The van der Waals surface area contributed by atoms with Crippen molar-refractivity contribution < 1.29 is 23.9 Å². The van der Waals surface area contributed by atoms with Crippen LogP contribution < -0.4 is 26.0 Å². The minimum atomic E-state index is -0.637. The fraction of sp³-hybridized carbons (Fsp3) is 0.133. The van der Waals surface area contributed by atoms with Crippen molar-refractivity contribution in [2.75, 3.05) is 41.2 Å². The summed E-state index contributed by atoms with van der Waals surface area (Å²) < 4.78 is 10.3. The highest BCUT2D eigenvalue weighted by Gasteiger charge is 2.26. The predicted octanol–water partition coefficient (Wildman–Crippen LogP) is 6.64. The van der Waals surface area contributed by atoms with Crippen molar-refractivity contribution in [1.82, 2.24) is 0 Å². The third-order valence-electron chi connectivity index (χ3n) is 5.84. The molecule has 9 nitrogen and oxygen atoms in total. The molecule has 0 aliphatic heterocycles. The molecule has 0 aliphatic rings. The monoisotopic (exact) mass is 620 g/mol. The minimum Gasteiger partial charge on any atom is -0.495 e. The molecule has 42 heavy (non-hydrogen) atoms. The standard InChI is InChI=1S/C30H28N4O5S3/c1-18-25(29(37)39-3)28(42-26(18)27(36)31-19-10-5-4-6-11-19)34-24(35)17-41-21-13-9-12-20(16-21)32-30(40)33-22-14-7-8-15-23(22)38-2/h4-16H,17H2,1-3H3,(H,31,36)(H,34,35)(H2,32,33,40). The van der Waals surface area contributed by atoms with E-state index in [9.17, 15) is 14.4 Å². The Kier molecular flexibility index (Phi) is 10.5. The lowest BCUT2D eigenvalue weighted by Gasteiger charge is -2.13. The summed E-state index contributed by atoms with van der Waals surface area (Å²) in [6, 6.07) is 23.9. The summed E-state index contributed by atoms with van der Waals surface area (Å²) in [4.78, 5) is 39.6. The third-order valence-corrected chi connectivity index (χ3v) is 8.25. The molecule has 0 saturated carbocycles. The van der Waals surface area contributed by atoms with Crippen LogP contribution in [0.4, 0.5) is 22.1 Å². The van der Waals surface area contributed by atoms with E-state index >= 15 is 0 Å². The van der Waals surface area contributed by atoms with Crippen LogP contribution in [0.5, 0.6) is 5.75 Å². The molecule has 4 N–H and O–H groups in total. The molecule has 4 aromatic rings. The van der Waals surface area contributed by atoms with Crippen LogP contribution >= 0.6 is 35.3 Å². The second-order valence-electron chi connectivity index (χ2n) is 8.72. The summed E-state index contributed by atoms with van der Waals surface area (Å²) in [6.45, 7) is 1.65. The summed E-state index contributed by atoms with van der Waals surface area (Å²) >= 11 is 7.78. The third kappa shape index (κ3) is 7.87. The summed E-state index contributed by atoms with van der Waals surface area (Å²) in [5.41, 5.74) is 2.67. The molecule has 12 heteroatoms. The molecule has 1 aromatic heterocycles. The molecule has 0 aliphatic carbocycles. The average Bonchev–Trinajstić information content (AvgIpc) is 3.31. The van der Waals surface area contributed by atoms with Gasteiger partial charge in [0.2, 0.25) is 5.91 Å². The largest absolute Gasteiger partial charge is 0.495 e. The first-order valence-electron chi connectivity index (χ1n) is 12.6. The van der Waals surface area contributed by atoms with Crippen molar-refractivity contribution in [3.63, 3.8) is 0 Å². The summed E-state index contributed by atoms with van der Waals surface area (Å²) in [5, 5.41) is 12.5. The fourth-order valence-corrected chi connectivity index (χ4v) is 5.97. The van der Waals surface area contributed by atoms with Gasteiger partial charge in [0.25, 0.3) is 5.91 Å². The number of para-hydroxylation sites is 3. The van der Waals surface area contributed by atoms with Gasteiger partial charge in [-0.1, -0.05) is 36.4 Å². The number of carbonyl (C=O) groups is 3. The molecule has 1 heterocycles. The van der Waals surface area contributed by atoms with Crippen molar-refractivity contribution in [3.05, 3.63) is 94.9 Å². The second-order valence-corrected chi connectivity index (χ2v) is 11.2. The fourth-order valence-electron chi connectivity index (χ4n) is 3.88. The van der Waals surface area contributed by atoms with Crippen LogP contribution in [0.1, 0.15) is 25.6 Å². The van der Waals surface area contributed by atoms with Gasteiger partial charge in [-0.15, -0.1) is 23.1 Å². The molecule has 0 bridgehead atoms. The maximum absolute atomic E-state index is 13.0. The lowest BCUT2D eigenvalue weighted by atomic mass is 10.1. The zero-order valence-corrected chi connectivity index (χ0v) is 25.4. The summed E-state index contributed by atoms with van der Waals surface area (Å²) in [5.74, 6) is -0.630.